The Morgan fingerprint density at radius 1 is 0.933 bits per heavy atom. The highest BCUT2D eigenvalue weighted by Crippen LogP contribution is 2.40. The van der Waals surface area contributed by atoms with Crippen LogP contribution in [-0.2, 0) is 0 Å². The Morgan fingerprint density at radius 2 is 1.57 bits per heavy atom. The number of methoxy groups -OCH3 is 2. The van der Waals surface area contributed by atoms with Crippen LogP contribution in [0.25, 0.3) is 10.8 Å². The average molecular weight is 434 g/mol. The van der Waals surface area contributed by atoms with E-state index in [1.165, 1.54) is 26.6 Å². The van der Waals surface area contributed by atoms with Crippen LogP contribution < -0.4 is 18.9 Å². The van der Waals surface area contributed by atoms with Gasteiger partial charge in [0, 0.05) is 28.9 Å². The van der Waals surface area contributed by atoms with Gasteiger partial charge < -0.3 is 24.1 Å². The molecule has 8 heteroatoms. The van der Waals surface area contributed by atoms with Gasteiger partial charge in [-0.05, 0) is 43.5 Å². The number of aromatic hydroxyl groups is 1. The second-order valence-electron chi connectivity index (χ2n) is 6.10. The summed E-state index contributed by atoms with van der Waals surface area (Å²) in [5, 5.41) is 11.5. The van der Waals surface area contributed by atoms with Gasteiger partial charge in [0.1, 0.15) is 0 Å². The van der Waals surface area contributed by atoms with Crippen LogP contribution in [-0.4, -0.2) is 43.3 Å². The third-order valence-electron chi connectivity index (χ3n) is 4.43. The zero-order chi connectivity index (χ0) is 21.0. The van der Waals surface area contributed by atoms with Crippen molar-refractivity contribution < 1.29 is 28.8 Å². The lowest BCUT2D eigenvalue weighted by Crippen LogP contribution is -2.06. The number of aromatic nitrogens is 1. The molecule has 1 N–H and O–H groups in total. The summed E-state index contributed by atoms with van der Waals surface area (Å²) in [4.78, 5) is 17.4. The minimum Gasteiger partial charge on any atom is -0.504 e. The molecule has 0 atom stereocenters. The fourth-order valence-electron chi connectivity index (χ4n) is 3.12. The number of halogens is 1. The van der Waals surface area contributed by atoms with Crippen molar-refractivity contribution in [2.24, 2.45) is 0 Å². The molecule has 0 saturated carbocycles. The van der Waals surface area contributed by atoms with Crippen molar-refractivity contribution in [3.8, 4) is 28.7 Å². The van der Waals surface area contributed by atoms with E-state index in [1.807, 2.05) is 13.8 Å². The number of benzene rings is 2. The Balaban J connectivity index is 0.00000320. The molecule has 0 bridgehead atoms. The molecule has 160 valence electrons. The molecule has 0 unspecified atom stereocenters. The summed E-state index contributed by atoms with van der Waals surface area (Å²) < 4.78 is 21.8. The van der Waals surface area contributed by atoms with Crippen molar-refractivity contribution in [2.75, 3.05) is 27.4 Å². The summed E-state index contributed by atoms with van der Waals surface area (Å²) in [6, 6.07) is 6.57. The predicted molar refractivity (Wildman–Crippen MR) is 116 cm³/mol. The molecular formula is C22H24ClNO6. The molecule has 2 aromatic carbocycles. The minimum absolute atomic E-state index is 0. The van der Waals surface area contributed by atoms with E-state index < -0.39 is 0 Å². The molecule has 0 fully saturated rings. The van der Waals surface area contributed by atoms with Crippen LogP contribution in [0.15, 0.2) is 36.7 Å². The molecule has 0 amide bonds. The highest BCUT2D eigenvalue weighted by atomic mass is 35.5. The first-order valence-corrected chi connectivity index (χ1v) is 9.21. The number of ether oxygens (including phenoxy) is 4. The first-order valence-electron chi connectivity index (χ1n) is 9.21. The number of carbonyl (C=O) groups is 1. The number of fused-ring (bicyclic) bond motifs is 1. The lowest BCUT2D eigenvalue weighted by atomic mass is 9.98. The van der Waals surface area contributed by atoms with Crippen molar-refractivity contribution in [3.05, 3.63) is 47.8 Å². The highest BCUT2D eigenvalue weighted by molar-refractivity contribution is 6.17. The van der Waals surface area contributed by atoms with Crippen molar-refractivity contribution >= 4 is 29.0 Å². The Bertz CT molecular complexity index is 1030. The second-order valence-corrected chi connectivity index (χ2v) is 6.10. The van der Waals surface area contributed by atoms with E-state index >= 15 is 0 Å². The SMILES string of the molecule is CCOc1ccc2c(C(=O)c3cc(OC)c(OCC)c(OC)c3)cncc2c1O.Cl. The van der Waals surface area contributed by atoms with E-state index in [-0.39, 0.29) is 23.9 Å². The third-order valence-corrected chi connectivity index (χ3v) is 4.43. The van der Waals surface area contributed by atoms with Crippen LogP contribution in [0, 0.1) is 0 Å². The van der Waals surface area contributed by atoms with Gasteiger partial charge in [0.05, 0.1) is 27.4 Å². The molecule has 7 nitrogen and oxygen atoms in total. The van der Waals surface area contributed by atoms with E-state index in [0.29, 0.717) is 58.1 Å². The number of hydrogen-bond donors (Lipinski definition) is 1. The monoisotopic (exact) mass is 433 g/mol. The summed E-state index contributed by atoms with van der Waals surface area (Å²) in [6.07, 6.45) is 2.98. The molecule has 0 aliphatic heterocycles. The van der Waals surface area contributed by atoms with Crippen molar-refractivity contribution in [3.63, 3.8) is 0 Å². The van der Waals surface area contributed by atoms with Crippen molar-refractivity contribution in [1.82, 2.24) is 4.98 Å². The summed E-state index contributed by atoms with van der Waals surface area (Å²) in [5.74, 6) is 1.23. The number of phenolic OH excluding ortho intramolecular Hbond substituents is 1. The van der Waals surface area contributed by atoms with E-state index in [4.69, 9.17) is 18.9 Å². The van der Waals surface area contributed by atoms with Crippen LogP contribution in [0.2, 0.25) is 0 Å². The van der Waals surface area contributed by atoms with Gasteiger partial charge in [-0.1, -0.05) is 0 Å². The van der Waals surface area contributed by atoms with Crippen LogP contribution in [0.5, 0.6) is 28.7 Å². The standard InChI is InChI=1S/C22H23NO6.ClH/c1-5-28-17-8-7-14-15(11-23-12-16(14)21(17)25)20(24)13-9-18(26-3)22(29-6-2)19(10-13)27-4;/h7-12,25H,5-6H2,1-4H3;1H. The van der Waals surface area contributed by atoms with Gasteiger partial charge in [0.25, 0.3) is 0 Å². The molecule has 0 aliphatic rings. The number of pyridine rings is 1. The molecule has 3 aromatic rings. The fourth-order valence-corrected chi connectivity index (χ4v) is 3.12. The molecule has 3 rings (SSSR count). The summed E-state index contributed by atoms with van der Waals surface area (Å²) >= 11 is 0. The number of carbonyl (C=O) groups excluding carboxylic acids is 1. The topological polar surface area (TPSA) is 87.1 Å². The number of phenols is 1. The Morgan fingerprint density at radius 3 is 2.13 bits per heavy atom. The average Bonchev–Trinajstić information content (AvgIpc) is 2.75. The third kappa shape index (κ3) is 4.21. The first-order chi connectivity index (χ1) is 14.0. The zero-order valence-electron chi connectivity index (χ0n) is 17.2. The molecule has 0 saturated heterocycles. The summed E-state index contributed by atoms with van der Waals surface area (Å²) in [6.45, 7) is 4.52. The van der Waals surface area contributed by atoms with Gasteiger partial charge in [0.15, 0.2) is 28.8 Å². The van der Waals surface area contributed by atoms with Crippen LogP contribution >= 0.6 is 12.4 Å². The van der Waals surface area contributed by atoms with E-state index in [9.17, 15) is 9.90 Å². The molecule has 1 aromatic heterocycles. The first kappa shape index (κ1) is 23.1. The Kier molecular flexibility index (Phi) is 7.72. The second kappa shape index (κ2) is 10.0. The van der Waals surface area contributed by atoms with Crippen molar-refractivity contribution in [1.29, 1.82) is 0 Å². The van der Waals surface area contributed by atoms with Crippen LogP contribution in [0.1, 0.15) is 29.8 Å². The van der Waals surface area contributed by atoms with Crippen LogP contribution in [0.3, 0.4) is 0 Å². The van der Waals surface area contributed by atoms with Gasteiger partial charge in [-0.25, -0.2) is 0 Å². The zero-order valence-corrected chi connectivity index (χ0v) is 18.0. The predicted octanol–water partition coefficient (Wildman–Crippen LogP) is 4.41. The molecule has 0 aliphatic carbocycles. The van der Waals surface area contributed by atoms with Gasteiger partial charge in [0.2, 0.25) is 5.75 Å². The number of nitrogens with zero attached hydrogens (tertiary/aromatic N) is 1. The maximum absolute atomic E-state index is 13.3. The normalized spacial score (nSPS) is 10.3. The summed E-state index contributed by atoms with van der Waals surface area (Å²) in [5.41, 5.74) is 0.693. The van der Waals surface area contributed by atoms with E-state index in [0.717, 1.165) is 0 Å². The Hall–Kier alpha value is -3.19. The van der Waals surface area contributed by atoms with Crippen LogP contribution in [0.4, 0.5) is 0 Å². The summed E-state index contributed by atoms with van der Waals surface area (Å²) in [7, 11) is 3.00. The largest absolute Gasteiger partial charge is 0.504 e. The smallest absolute Gasteiger partial charge is 0.203 e. The number of hydrogen-bond acceptors (Lipinski definition) is 7. The molecule has 1 heterocycles. The lowest BCUT2D eigenvalue weighted by Gasteiger charge is -2.15. The minimum atomic E-state index is -0.286. The number of ketones is 1. The molecule has 0 radical (unpaired) electrons. The van der Waals surface area contributed by atoms with Gasteiger partial charge >= 0.3 is 0 Å². The van der Waals surface area contributed by atoms with Gasteiger partial charge in [-0.15, -0.1) is 12.4 Å². The maximum Gasteiger partial charge on any atom is 0.203 e. The fraction of sp³-hybridized carbons (Fsp3) is 0.273. The molecule has 0 spiro atoms. The quantitative estimate of drug-likeness (QED) is 0.526. The molecular weight excluding hydrogens is 410 g/mol. The maximum atomic E-state index is 13.3. The molecule has 30 heavy (non-hydrogen) atoms. The highest BCUT2D eigenvalue weighted by Gasteiger charge is 2.21. The number of rotatable bonds is 8. The van der Waals surface area contributed by atoms with Gasteiger partial charge in [-0.2, -0.15) is 0 Å². The van der Waals surface area contributed by atoms with E-state index in [1.54, 1.807) is 24.3 Å². The van der Waals surface area contributed by atoms with E-state index in [2.05, 4.69) is 4.98 Å². The van der Waals surface area contributed by atoms with Gasteiger partial charge in [-0.3, -0.25) is 9.78 Å². The lowest BCUT2D eigenvalue weighted by molar-refractivity contribution is 0.103. The Labute approximate surface area is 181 Å². The van der Waals surface area contributed by atoms with Crippen molar-refractivity contribution in [2.45, 2.75) is 13.8 Å².